The first-order valence-electron chi connectivity index (χ1n) is 9.99. The molecule has 0 saturated carbocycles. The highest BCUT2D eigenvalue weighted by Gasteiger charge is 2.21. The van der Waals surface area contributed by atoms with Crippen LogP contribution in [0, 0.1) is 5.82 Å². The lowest BCUT2D eigenvalue weighted by Crippen LogP contribution is -2.43. The van der Waals surface area contributed by atoms with E-state index in [1.54, 1.807) is 0 Å². The largest absolute Gasteiger partial charge is 0.480 e. The van der Waals surface area contributed by atoms with Gasteiger partial charge in [0.05, 0.1) is 5.75 Å². The number of nitrogens with zero attached hydrogens (tertiary/aromatic N) is 2. The van der Waals surface area contributed by atoms with Crippen molar-refractivity contribution in [1.82, 2.24) is 9.88 Å². The average molecular weight is 497 g/mol. The number of nitrogens with two attached hydrogens (primary N) is 2. The molecule has 1 unspecified atom stereocenters. The lowest BCUT2D eigenvalue weighted by molar-refractivity contribution is -0.142. The molecular formula is C20H25FN6O6S. The second kappa shape index (κ2) is 11.8. The van der Waals surface area contributed by atoms with E-state index in [1.165, 1.54) is 36.5 Å². The number of nitrogens with one attached hydrogen (secondary N) is 2. The highest BCUT2D eigenvalue weighted by Crippen LogP contribution is 2.13. The van der Waals surface area contributed by atoms with Gasteiger partial charge in [0.25, 0.3) is 5.56 Å². The fraction of sp³-hybridized carbons (Fsp3) is 0.300. The zero-order valence-corrected chi connectivity index (χ0v) is 18.8. The van der Waals surface area contributed by atoms with Gasteiger partial charge in [0, 0.05) is 18.3 Å². The molecule has 0 bridgehead atoms. The quantitative estimate of drug-likeness (QED) is 0.148. The Morgan fingerprint density at radius 1 is 1.18 bits per heavy atom. The number of aliphatic imine (C=N–C) groups is 1. The number of benzene rings is 1. The van der Waals surface area contributed by atoms with E-state index in [-0.39, 0.29) is 36.6 Å². The third-order valence-corrected chi connectivity index (χ3v) is 5.70. The molecular weight excluding hydrogens is 471 g/mol. The summed E-state index contributed by atoms with van der Waals surface area (Å²) in [7, 11) is -4.14. The molecule has 1 heterocycles. The van der Waals surface area contributed by atoms with Gasteiger partial charge >= 0.3 is 5.97 Å². The van der Waals surface area contributed by atoms with E-state index in [9.17, 15) is 32.3 Å². The summed E-state index contributed by atoms with van der Waals surface area (Å²) in [5.74, 6) is -3.60. The van der Waals surface area contributed by atoms with Crippen molar-refractivity contribution >= 4 is 33.5 Å². The molecule has 34 heavy (non-hydrogen) atoms. The second-order valence-corrected chi connectivity index (χ2v) is 8.94. The van der Waals surface area contributed by atoms with Gasteiger partial charge in [-0.3, -0.25) is 19.3 Å². The Morgan fingerprint density at radius 2 is 1.88 bits per heavy atom. The van der Waals surface area contributed by atoms with Crippen molar-refractivity contribution < 1.29 is 27.5 Å². The molecule has 7 N–H and O–H groups in total. The Labute approximate surface area is 194 Å². The molecule has 0 radical (unpaired) electrons. The average Bonchev–Trinajstić information content (AvgIpc) is 2.74. The lowest BCUT2D eigenvalue weighted by atomic mass is 10.1. The van der Waals surface area contributed by atoms with Gasteiger partial charge in [-0.15, -0.1) is 0 Å². The van der Waals surface area contributed by atoms with Crippen molar-refractivity contribution in [1.29, 1.82) is 0 Å². The monoisotopic (exact) mass is 496 g/mol. The number of hydrogen-bond acceptors (Lipinski definition) is 6. The Kier molecular flexibility index (Phi) is 9.12. The summed E-state index contributed by atoms with van der Waals surface area (Å²) in [6, 6.07) is 6.60. The minimum atomic E-state index is -4.14. The summed E-state index contributed by atoms with van der Waals surface area (Å²) in [4.78, 5) is 40.1. The van der Waals surface area contributed by atoms with E-state index < -0.39 is 51.6 Å². The van der Waals surface area contributed by atoms with Gasteiger partial charge in [-0.2, -0.15) is 0 Å². The van der Waals surface area contributed by atoms with Crippen LogP contribution >= 0.6 is 0 Å². The molecule has 14 heteroatoms. The van der Waals surface area contributed by atoms with E-state index >= 15 is 0 Å². The minimum absolute atomic E-state index is 0.0443. The standard InChI is InChI=1S/C20H25FN6O6S/c21-14-6-2-1-5-13(14)12-34(32,33)26-15-8-4-10-27(18(15)29)11-17(28)25-16(19(30)31)7-3-9-24-20(22)23/h1-2,4-6,8,10,16,26H,3,7,9,11-12H2,(H,25,28)(H,30,31)(H4,22,23,24). The molecule has 0 aliphatic heterocycles. The van der Waals surface area contributed by atoms with Gasteiger partial charge < -0.3 is 26.5 Å². The molecule has 12 nitrogen and oxygen atoms in total. The summed E-state index contributed by atoms with van der Waals surface area (Å²) in [6.07, 6.45) is 1.57. The van der Waals surface area contributed by atoms with Gasteiger partial charge in [0.15, 0.2) is 5.96 Å². The molecule has 1 aromatic carbocycles. The van der Waals surface area contributed by atoms with Gasteiger partial charge in [-0.25, -0.2) is 17.6 Å². The first-order valence-corrected chi connectivity index (χ1v) is 11.6. The van der Waals surface area contributed by atoms with Crippen LogP contribution in [0.2, 0.25) is 0 Å². The molecule has 0 aliphatic rings. The van der Waals surface area contributed by atoms with E-state index in [1.807, 2.05) is 0 Å². The third kappa shape index (κ3) is 8.20. The smallest absolute Gasteiger partial charge is 0.326 e. The molecule has 2 aromatic rings. The van der Waals surface area contributed by atoms with Crippen molar-refractivity contribution in [3.63, 3.8) is 0 Å². The first kappa shape index (κ1) is 26.3. The van der Waals surface area contributed by atoms with Crippen LogP contribution in [0.4, 0.5) is 10.1 Å². The maximum atomic E-state index is 13.8. The Balaban J connectivity index is 2.06. The molecule has 0 aliphatic carbocycles. The van der Waals surface area contributed by atoms with E-state index in [0.717, 1.165) is 10.6 Å². The highest BCUT2D eigenvalue weighted by atomic mass is 32.2. The van der Waals surface area contributed by atoms with Crippen LogP contribution in [-0.4, -0.2) is 48.5 Å². The van der Waals surface area contributed by atoms with E-state index in [0.29, 0.717) is 0 Å². The maximum Gasteiger partial charge on any atom is 0.326 e. The number of hydrogen-bond donors (Lipinski definition) is 5. The number of carboxylic acids is 1. The van der Waals surface area contributed by atoms with Crippen LogP contribution in [-0.2, 0) is 31.9 Å². The maximum absolute atomic E-state index is 13.8. The van der Waals surface area contributed by atoms with Gasteiger partial charge in [-0.05, 0) is 31.0 Å². The van der Waals surface area contributed by atoms with Crippen LogP contribution in [0.3, 0.4) is 0 Å². The summed E-state index contributed by atoms with van der Waals surface area (Å²) in [5.41, 5.74) is 9.13. The number of guanidine groups is 1. The molecule has 184 valence electrons. The summed E-state index contributed by atoms with van der Waals surface area (Å²) in [6.45, 7) is -0.379. The fourth-order valence-electron chi connectivity index (χ4n) is 2.92. The predicted molar refractivity (Wildman–Crippen MR) is 123 cm³/mol. The van der Waals surface area contributed by atoms with E-state index in [4.69, 9.17) is 11.5 Å². The van der Waals surface area contributed by atoms with Crippen molar-refractivity contribution in [2.24, 2.45) is 16.5 Å². The molecule has 0 saturated heterocycles. The number of aromatic nitrogens is 1. The first-order chi connectivity index (χ1) is 16.0. The highest BCUT2D eigenvalue weighted by molar-refractivity contribution is 7.91. The number of halogens is 1. The molecule has 0 fully saturated rings. The minimum Gasteiger partial charge on any atom is -0.480 e. The van der Waals surface area contributed by atoms with Crippen LogP contribution in [0.15, 0.2) is 52.4 Å². The molecule has 0 spiro atoms. The zero-order chi connectivity index (χ0) is 25.3. The number of pyridine rings is 1. The molecule has 2 rings (SSSR count). The van der Waals surface area contributed by atoms with Gasteiger partial charge in [0.1, 0.15) is 24.1 Å². The summed E-state index contributed by atoms with van der Waals surface area (Å²) < 4.78 is 41.6. The Hall–Kier alpha value is -3.94. The number of anilines is 1. The lowest BCUT2D eigenvalue weighted by Gasteiger charge is -2.15. The number of amides is 1. The Bertz CT molecular complexity index is 1230. The molecule has 1 atom stereocenters. The van der Waals surface area contributed by atoms with Crippen LogP contribution in [0.25, 0.3) is 0 Å². The number of carboxylic acid groups (broad SMARTS) is 1. The molecule has 1 aromatic heterocycles. The third-order valence-electron chi connectivity index (χ3n) is 4.48. The number of carbonyl (C=O) groups is 2. The number of rotatable bonds is 12. The fourth-order valence-corrected chi connectivity index (χ4v) is 4.12. The van der Waals surface area contributed by atoms with Crippen molar-refractivity contribution in [3.8, 4) is 0 Å². The van der Waals surface area contributed by atoms with E-state index in [2.05, 4.69) is 15.0 Å². The van der Waals surface area contributed by atoms with Crippen molar-refractivity contribution in [3.05, 3.63) is 64.3 Å². The van der Waals surface area contributed by atoms with Crippen LogP contribution in [0.5, 0.6) is 0 Å². The second-order valence-electron chi connectivity index (χ2n) is 7.21. The SMILES string of the molecule is NC(N)=NCCCC(NC(=O)Cn1cccc(NS(=O)(=O)Cc2ccccc2F)c1=O)C(=O)O. The zero-order valence-electron chi connectivity index (χ0n) is 18.0. The normalized spacial score (nSPS) is 11.9. The predicted octanol–water partition coefficient (Wildman–Crippen LogP) is -0.448. The van der Waals surface area contributed by atoms with Crippen molar-refractivity contribution in [2.75, 3.05) is 11.3 Å². The van der Waals surface area contributed by atoms with Crippen LogP contribution in [0.1, 0.15) is 18.4 Å². The van der Waals surface area contributed by atoms with Gasteiger partial charge in [-0.1, -0.05) is 18.2 Å². The summed E-state index contributed by atoms with van der Waals surface area (Å²) >= 11 is 0. The number of carbonyl (C=O) groups excluding carboxylic acids is 1. The van der Waals surface area contributed by atoms with Crippen molar-refractivity contribution in [2.45, 2.75) is 31.2 Å². The van der Waals surface area contributed by atoms with Gasteiger partial charge in [0.2, 0.25) is 15.9 Å². The number of sulfonamides is 1. The Morgan fingerprint density at radius 3 is 2.53 bits per heavy atom. The molecule has 1 amide bonds. The topological polar surface area (TPSA) is 199 Å². The van der Waals surface area contributed by atoms with Crippen LogP contribution < -0.4 is 27.1 Å². The number of aliphatic carboxylic acids is 1. The summed E-state index contributed by atoms with van der Waals surface area (Å²) in [5, 5.41) is 11.6.